The van der Waals surface area contributed by atoms with E-state index in [4.69, 9.17) is 10.0 Å². The molecule has 0 aliphatic heterocycles. The second-order valence-electron chi connectivity index (χ2n) is 3.93. The number of unbranched alkanes of at least 4 members (excludes halogenated alkanes) is 1. The fourth-order valence-corrected chi connectivity index (χ4v) is 1.54. The van der Waals surface area contributed by atoms with E-state index in [1.54, 1.807) is 10.9 Å². The molecule has 0 radical (unpaired) electrons. The second kappa shape index (κ2) is 6.22. The monoisotopic (exact) mass is 247 g/mol. The second-order valence-corrected chi connectivity index (χ2v) is 3.93. The van der Waals surface area contributed by atoms with Crippen LogP contribution in [-0.2, 0) is 13.0 Å². The Labute approximate surface area is 105 Å². The predicted molar refractivity (Wildman–Crippen MR) is 64.8 cm³/mol. The molecule has 2 N–H and O–H groups in total. The molecule has 8 heteroatoms. The van der Waals surface area contributed by atoms with Crippen LogP contribution in [0.5, 0.6) is 0 Å². The summed E-state index contributed by atoms with van der Waals surface area (Å²) >= 11 is 0. The van der Waals surface area contributed by atoms with Gasteiger partial charge in [-0.25, -0.2) is 9.97 Å². The van der Waals surface area contributed by atoms with Crippen LogP contribution in [0.1, 0.15) is 18.7 Å². The molecule has 2 rings (SSSR count). The normalized spacial score (nSPS) is 10.6. The molecule has 0 aliphatic rings. The number of nitrogens with zero attached hydrogens (tertiary/aromatic N) is 5. The highest BCUT2D eigenvalue weighted by Gasteiger charge is 2.11. The highest BCUT2D eigenvalue weighted by molar-refractivity contribution is 6.58. The molecule has 0 saturated carbocycles. The van der Waals surface area contributed by atoms with Crippen molar-refractivity contribution in [2.45, 2.75) is 25.8 Å². The van der Waals surface area contributed by atoms with E-state index in [0.717, 1.165) is 25.8 Å². The van der Waals surface area contributed by atoms with Crippen molar-refractivity contribution in [2.24, 2.45) is 0 Å². The Bertz CT molecular complexity index is 460. The van der Waals surface area contributed by atoms with Crippen molar-refractivity contribution in [2.75, 3.05) is 0 Å². The number of rotatable bonds is 6. The minimum absolute atomic E-state index is 0.307. The minimum Gasteiger partial charge on any atom is -0.423 e. The fraction of sp³-hybridized carbons (Fsp3) is 0.400. The van der Waals surface area contributed by atoms with Gasteiger partial charge in [0.2, 0.25) is 0 Å². The summed E-state index contributed by atoms with van der Waals surface area (Å²) in [7, 11) is -1.51. The lowest BCUT2D eigenvalue weighted by molar-refractivity contribution is 0.425. The molecule has 0 fully saturated rings. The van der Waals surface area contributed by atoms with Gasteiger partial charge in [0.1, 0.15) is 5.82 Å². The summed E-state index contributed by atoms with van der Waals surface area (Å²) in [6, 6.07) is 0. The molecule has 0 atom stereocenters. The van der Waals surface area contributed by atoms with E-state index >= 15 is 0 Å². The highest BCUT2D eigenvalue weighted by Crippen LogP contribution is 1.99. The van der Waals surface area contributed by atoms with Gasteiger partial charge >= 0.3 is 7.12 Å². The Kier molecular flexibility index (Phi) is 4.38. The van der Waals surface area contributed by atoms with Gasteiger partial charge in [0.05, 0.1) is 6.20 Å². The molecule has 0 aromatic carbocycles. The van der Waals surface area contributed by atoms with Gasteiger partial charge in [-0.05, 0) is 12.8 Å². The topological polar surface area (TPSA) is 97.0 Å². The zero-order chi connectivity index (χ0) is 12.8. The summed E-state index contributed by atoms with van der Waals surface area (Å²) in [6.45, 7) is 0.827. The van der Waals surface area contributed by atoms with Gasteiger partial charge in [-0.2, -0.15) is 0 Å². The van der Waals surface area contributed by atoms with E-state index in [-0.39, 0.29) is 0 Å². The smallest absolute Gasteiger partial charge is 0.423 e. The van der Waals surface area contributed by atoms with Crippen LogP contribution in [0.3, 0.4) is 0 Å². The third kappa shape index (κ3) is 3.61. The van der Waals surface area contributed by atoms with Crippen LogP contribution < -0.4 is 5.46 Å². The highest BCUT2D eigenvalue weighted by atomic mass is 16.4. The van der Waals surface area contributed by atoms with Crippen molar-refractivity contribution in [1.82, 2.24) is 25.0 Å². The van der Waals surface area contributed by atoms with Crippen molar-refractivity contribution in [3.63, 3.8) is 0 Å². The molecule has 0 unspecified atom stereocenters. The summed E-state index contributed by atoms with van der Waals surface area (Å²) in [4.78, 5) is 8.14. The van der Waals surface area contributed by atoms with E-state index in [0.29, 0.717) is 11.3 Å². The maximum Gasteiger partial charge on any atom is 0.491 e. The van der Waals surface area contributed by atoms with Crippen molar-refractivity contribution < 1.29 is 10.0 Å². The lowest BCUT2D eigenvalue weighted by Gasteiger charge is -2.02. The van der Waals surface area contributed by atoms with E-state index in [1.165, 1.54) is 12.4 Å². The largest absolute Gasteiger partial charge is 0.491 e. The predicted octanol–water partition coefficient (Wildman–Crippen LogP) is -1.23. The first-order valence-electron chi connectivity index (χ1n) is 5.77. The zero-order valence-corrected chi connectivity index (χ0v) is 9.85. The van der Waals surface area contributed by atoms with E-state index in [1.807, 2.05) is 6.20 Å². The van der Waals surface area contributed by atoms with E-state index < -0.39 is 7.12 Å². The molecule has 7 nitrogen and oxygen atoms in total. The molecular formula is C10H14BN5O2. The van der Waals surface area contributed by atoms with Crippen molar-refractivity contribution in [1.29, 1.82) is 0 Å². The molecule has 18 heavy (non-hydrogen) atoms. The average molecular weight is 247 g/mol. The number of aryl methyl sites for hydroxylation is 2. The molecule has 2 heterocycles. The first kappa shape index (κ1) is 12.7. The van der Waals surface area contributed by atoms with Gasteiger partial charge in [-0.15, -0.1) is 5.10 Å². The summed E-state index contributed by atoms with van der Waals surface area (Å²) in [5.74, 6) is 0.706. The van der Waals surface area contributed by atoms with Crippen LogP contribution in [0.15, 0.2) is 24.8 Å². The Balaban J connectivity index is 1.73. The van der Waals surface area contributed by atoms with Crippen molar-refractivity contribution >= 4 is 12.6 Å². The lowest BCUT2D eigenvalue weighted by atomic mass is 9.83. The Hall–Kier alpha value is -1.80. The van der Waals surface area contributed by atoms with Gasteiger partial charge in [-0.1, -0.05) is 5.21 Å². The van der Waals surface area contributed by atoms with Crippen LogP contribution >= 0.6 is 0 Å². The summed E-state index contributed by atoms with van der Waals surface area (Å²) in [5, 5.41) is 25.4. The van der Waals surface area contributed by atoms with Gasteiger partial charge in [0, 0.05) is 37.0 Å². The van der Waals surface area contributed by atoms with Crippen LogP contribution in [0, 0.1) is 0 Å². The van der Waals surface area contributed by atoms with Gasteiger partial charge in [-0.3, -0.25) is 4.68 Å². The number of aromatic nitrogens is 5. The third-order valence-corrected chi connectivity index (χ3v) is 2.53. The fourth-order valence-electron chi connectivity index (χ4n) is 1.54. The molecule has 0 bridgehead atoms. The summed E-state index contributed by atoms with van der Waals surface area (Å²) < 4.78 is 1.78. The molecular weight excluding hydrogens is 233 g/mol. The van der Waals surface area contributed by atoms with Crippen molar-refractivity contribution in [3.05, 3.63) is 30.6 Å². The maximum atomic E-state index is 8.89. The first-order chi connectivity index (χ1) is 8.75. The number of hydrogen-bond acceptors (Lipinski definition) is 6. The van der Waals surface area contributed by atoms with Crippen LogP contribution in [0.4, 0.5) is 0 Å². The van der Waals surface area contributed by atoms with Crippen LogP contribution in [0.25, 0.3) is 0 Å². The Morgan fingerprint density at radius 2 is 1.94 bits per heavy atom. The molecule has 2 aromatic rings. The molecule has 94 valence electrons. The van der Waals surface area contributed by atoms with E-state index in [2.05, 4.69) is 20.3 Å². The molecule has 2 aromatic heterocycles. The number of hydrogen-bond donors (Lipinski definition) is 2. The Morgan fingerprint density at radius 3 is 2.56 bits per heavy atom. The summed E-state index contributed by atoms with van der Waals surface area (Å²) in [6.07, 6.45) is 9.03. The van der Waals surface area contributed by atoms with Gasteiger partial charge in [0.15, 0.2) is 0 Å². The Morgan fingerprint density at radius 1 is 1.17 bits per heavy atom. The molecule has 0 amide bonds. The molecule has 0 aliphatic carbocycles. The molecule has 0 saturated heterocycles. The SMILES string of the molecule is OB(O)c1cnc(CCCCn2ccnn2)nc1. The quantitative estimate of drug-likeness (QED) is 0.490. The van der Waals surface area contributed by atoms with E-state index in [9.17, 15) is 0 Å². The van der Waals surface area contributed by atoms with Crippen molar-refractivity contribution in [3.8, 4) is 0 Å². The minimum atomic E-state index is -1.51. The van der Waals surface area contributed by atoms with Crippen LogP contribution in [0.2, 0.25) is 0 Å². The summed E-state index contributed by atoms with van der Waals surface area (Å²) in [5.41, 5.74) is 0.307. The zero-order valence-electron chi connectivity index (χ0n) is 9.85. The maximum absolute atomic E-state index is 8.89. The standard InChI is InChI=1S/C10H14BN5O2/c17-11(18)9-7-12-10(13-8-9)3-1-2-5-16-6-4-14-15-16/h4,6-8,17-18H,1-3,5H2. The van der Waals surface area contributed by atoms with Crippen LogP contribution in [-0.4, -0.2) is 42.1 Å². The average Bonchev–Trinajstić information content (AvgIpc) is 2.88. The first-order valence-corrected chi connectivity index (χ1v) is 5.77. The van der Waals surface area contributed by atoms with Gasteiger partial charge in [0.25, 0.3) is 0 Å². The molecule has 0 spiro atoms. The van der Waals surface area contributed by atoms with Gasteiger partial charge < -0.3 is 10.0 Å². The lowest BCUT2D eigenvalue weighted by Crippen LogP contribution is -2.30. The third-order valence-electron chi connectivity index (χ3n) is 2.53.